The molecule has 1 atom stereocenters. The molecule has 21 heavy (non-hydrogen) atoms. The van der Waals surface area contributed by atoms with Gasteiger partial charge in [-0.05, 0) is 48.7 Å². The Hall–Kier alpha value is -1.32. The Balaban J connectivity index is 2.17. The molecule has 0 amide bonds. The van der Waals surface area contributed by atoms with Gasteiger partial charge in [0.2, 0.25) is 0 Å². The maximum absolute atomic E-state index is 9.64. The number of halogens is 1. The molecule has 2 nitrogen and oxygen atoms in total. The Morgan fingerprint density at radius 2 is 1.95 bits per heavy atom. The number of rotatable bonds is 7. The zero-order chi connectivity index (χ0) is 15.1. The van der Waals surface area contributed by atoms with Gasteiger partial charge in [0.05, 0.1) is 0 Å². The molecule has 2 aromatic rings. The van der Waals surface area contributed by atoms with Crippen LogP contribution in [0.4, 0.5) is 0 Å². The van der Waals surface area contributed by atoms with E-state index in [0.717, 1.165) is 36.0 Å². The fourth-order valence-electron chi connectivity index (χ4n) is 2.52. The third-order valence-corrected chi connectivity index (χ3v) is 4.28. The molecule has 0 aliphatic rings. The van der Waals surface area contributed by atoms with Gasteiger partial charge in [0, 0.05) is 16.9 Å². The molecule has 0 saturated carbocycles. The van der Waals surface area contributed by atoms with E-state index in [2.05, 4.69) is 52.4 Å². The fourth-order valence-corrected chi connectivity index (χ4v) is 3.13. The quantitative estimate of drug-likeness (QED) is 0.723. The van der Waals surface area contributed by atoms with Crippen molar-refractivity contribution in [3.63, 3.8) is 0 Å². The van der Waals surface area contributed by atoms with Crippen molar-refractivity contribution in [2.75, 3.05) is 13.1 Å². The molecule has 0 bridgehead atoms. The fraction of sp³-hybridized carbons (Fsp3) is 0.333. The molecule has 0 fully saturated rings. The van der Waals surface area contributed by atoms with Crippen LogP contribution >= 0.6 is 15.9 Å². The number of nitrogens with one attached hydrogen (secondary N) is 1. The largest absolute Gasteiger partial charge is 0.508 e. The van der Waals surface area contributed by atoms with Crippen LogP contribution in [0.2, 0.25) is 0 Å². The van der Waals surface area contributed by atoms with Crippen molar-refractivity contribution >= 4 is 15.9 Å². The number of hydrogen-bond donors (Lipinski definition) is 2. The Morgan fingerprint density at radius 1 is 1.14 bits per heavy atom. The van der Waals surface area contributed by atoms with Crippen molar-refractivity contribution < 1.29 is 5.11 Å². The highest BCUT2D eigenvalue weighted by molar-refractivity contribution is 9.10. The van der Waals surface area contributed by atoms with Crippen LogP contribution in [0, 0.1) is 0 Å². The zero-order valence-electron chi connectivity index (χ0n) is 12.3. The lowest BCUT2D eigenvalue weighted by atomic mass is 9.91. The van der Waals surface area contributed by atoms with E-state index < -0.39 is 0 Å². The van der Waals surface area contributed by atoms with E-state index in [9.17, 15) is 5.11 Å². The van der Waals surface area contributed by atoms with E-state index in [1.54, 1.807) is 6.07 Å². The van der Waals surface area contributed by atoms with Gasteiger partial charge in [-0.2, -0.15) is 0 Å². The first-order valence-corrected chi connectivity index (χ1v) is 8.23. The molecule has 112 valence electrons. The summed E-state index contributed by atoms with van der Waals surface area (Å²) >= 11 is 3.66. The molecular formula is C18H22BrNO. The van der Waals surface area contributed by atoms with Gasteiger partial charge in [0.1, 0.15) is 5.75 Å². The first-order chi connectivity index (χ1) is 10.2. The second-order valence-corrected chi connectivity index (χ2v) is 6.15. The predicted octanol–water partition coefficient (Wildman–Crippen LogP) is 4.48. The van der Waals surface area contributed by atoms with Crippen LogP contribution in [0.25, 0.3) is 0 Å². The van der Waals surface area contributed by atoms with Gasteiger partial charge >= 0.3 is 0 Å². The van der Waals surface area contributed by atoms with Gasteiger partial charge in [0.15, 0.2) is 0 Å². The molecule has 0 heterocycles. The molecule has 0 radical (unpaired) electrons. The summed E-state index contributed by atoms with van der Waals surface area (Å²) < 4.78 is 1.15. The van der Waals surface area contributed by atoms with Crippen LogP contribution in [-0.4, -0.2) is 18.2 Å². The van der Waals surface area contributed by atoms with Gasteiger partial charge in [-0.1, -0.05) is 53.2 Å². The monoisotopic (exact) mass is 347 g/mol. The molecule has 3 heteroatoms. The van der Waals surface area contributed by atoms with Crippen molar-refractivity contribution in [3.8, 4) is 5.75 Å². The van der Waals surface area contributed by atoms with Gasteiger partial charge in [0.25, 0.3) is 0 Å². The number of phenolic OH excluding ortho intramolecular Hbond substituents is 1. The third-order valence-electron chi connectivity index (χ3n) is 3.56. The summed E-state index contributed by atoms with van der Waals surface area (Å²) in [6.45, 7) is 4.14. The van der Waals surface area contributed by atoms with Gasteiger partial charge in [-0.25, -0.2) is 0 Å². The van der Waals surface area contributed by atoms with Gasteiger partial charge in [-0.3, -0.25) is 0 Å². The maximum Gasteiger partial charge on any atom is 0.115 e. The number of benzene rings is 2. The first kappa shape index (κ1) is 16.1. The SMILES string of the molecule is CCCNCC(Cc1cccc(O)c1)c1ccccc1Br. The summed E-state index contributed by atoms with van der Waals surface area (Å²) in [5, 5.41) is 13.2. The van der Waals surface area contributed by atoms with Crippen molar-refractivity contribution in [3.05, 3.63) is 64.1 Å². The molecule has 0 spiro atoms. The second kappa shape index (κ2) is 8.20. The molecule has 0 aliphatic carbocycles. The standard InChI is InChI=1S/C18H22BrNO/c1-2-10-20-13-15(17-8-3-4-9-18(17)19)11-14-6-5-7-16(21)12-14/h3-9,12,15,20-21H,2,10-11,13H2,1H3. The third kappa shape index (κ3) is 4.87. The number of phenols is 1. The Kier molecular flexibility index (Phi) is 6.27. The van der Waals surface area contributed by atoms with Crippen LogP contribution in [0.5, 0.6) is 5.75 Å². The van der Waals surface area contributed by atoms with Crippen molar-refractivity contribution in [1.82, 2.24) is 5.32 Å². The van der Waals surface area contributed by atoms with Crippen molar-refractivity contribution in [2.24, 2.45) is 0 Å². The number of hydrogen-bond acceptors (Lipinski definition) is 2. The summed E-state index contributed by atoms with van der Waals surface area (Å²) in [7, 11) is 0. The summed E-state index contributed by atoms with van der Waals surface area (Å²) in [4.78, 5) is 0. The average molecular weight is 348 g/mol. The van der Waals surface area contributed by atoms with Crippen LogP contribution in [0.3, 0.4) is 0 Å². The lowest BCUT2D eigenvalue weighted by Crippen LogP contribution is -2.24. The van der Waals surface area contributed by atoms with E-state index in [1.165, 1.54) is 5.56 Å². The minimum atomic E-state index is 0.333. The first-order valence-electron chi connectivity index (χ1n) is 7.43. The Morgan fingerprint density at radius 3 is 2.67 bits per heavy atom. The molecular weight excluding hydrogens is 326 g/mol. The van der Waals surface area contributed by atoms with Crippen molar-refractivity contribution in [2.45, 2.75) is 25.7 Å². The zero-order valence-corrected chi connectivity index (χ0v) is 13.9. The molecule has 2 rings (SSSR count). The van der Waals surface area contributed by atoms with E-state index in [0.29, 0.717) is 11.7 Å². The van der Waals surface area contributed by atoms with E-state index in [4.69, 9.17) is 0 Å². The van der Waals surface area contributed by atoms with Gasteiger partial charge < -0.3 is 10.4 Å². The molecule has 0 saturated heterocycles. The van der Waals surface area contributed by atoms with Crippen LogP contribution in [-0.2, 0) is 6.42 Å². The van der Waals surface area contributed by atoms with Crippen LogP contribution in [0.15, 0.2) is 53.0 Å². The Labute approximate surface area is 135 Å². The van der Waals surface area contributed by atoms with Crippen LogP contribution in [0.1, 0.15) is 30.4 Å². The highest BCUT2D eigenvalue weighted by Gasteiger charge is 2.15. The molecule has 0 aromatic heterocycles. The topological polar surface area (TPSA) is 32.3 Å². The van der Waals surface area contributed by atoms with E-state index >= 15 is 0 Å². The normalized spacial score (nSPS) is 12.3. The molecule has 2 N–H and O–H groups in total. The molecule has 1 unspecified atom stereocenters. The summed E-state index contributed by atoms with van der Waals surface area (Å²) in [6.07, 6.45) is 2.04. The number of aromatic hydroxyl groups is 1. The van der Waals surface area contributed by atoms with E-state index in [-0.39, 0.29) is 0 Å². The summed E-state index contributed by atoms with van der Waals surface area (Å²) in [6, 6.07) is 15.9. The second-order valence-electron chi connectivity index (χ2n) is 5.30. The Bertz CT molecular complexity index is 571. The summed E-state index contributed by atoms with van der Waals surface area (Å²) in [5.74, 6) is 0.716. The van der Waals surface area contributed by atoms with Gasteiger partial charge in [-0.15, -0.1) is 0 Å². The minimum absolute atomic E-state index is 0.333. The van der Waals surface area contributed by atoms with Crippen LogP contribution < -0.4 is 5.32 Å². The highest BCUT2D eigenvalue weighted by atomic mass is 79.9. The minimum Gasteiger partial charge on any atom is -0.508 e. The van der Waals surface area contributed by atoms with E-state index in [1.807, 2.05) is 18.2 Å². The summed E-state index contributed by atoms with van der Waals surface area (Å²) in [5.41, 5.74) is 2.47. The van der Waals surface area contributed by atoms with Crippen molar-refractivity contribution in [1.29, 1.82) is 0 Å². The lowest BCUT2D eigenvalue weighted by Gasteiger charge is -2.20. The predicted molar refractivity (Wildman–Crippen MR) is 91.9 cm³/mol. The maximum atomic E-state index is 9.64. The highest BCUT2D eigenvalue weighted by Crippen LogP contribution is 2.28. The average Bonchev–Trinajstić information content (AvgIpc) is 2.47. The lowest BCUT2D eigenvalue weighted by molar-refractivity contribution is 0.474. The smallest absolute Gasteiger partial charge is 0.115 e. The molecule has 2 aromatic carbocycles. The molecule has 0 aliphatic heterocycles.